The highest BCUT2D eigenvalue weighted by Crippen LogP contribution is 2.42. The van der Waals surface area contributed by atoms with Gasteiger partial charge in [-0.05, 0) is 44.7 Å². The number of nitrogens with zero attached hydrogens (tertiary/aromatic N) is 1. The number of benzene rings is 1. The van der Waals surface area contributed by atoms with Crippen LogP contribution in [0.5, 0.6) is 0 Å². The van der Waals surface area contributed by atoms with Crippen molar-refractivity contribution in [2.75, 3.05) is 13.2 Å². The molecule has 0 amide bonds. The van der Waals surface area contributed by atoms with Crippen LogP contribution >= 0.6 is 0 Å². The van der Waals surface area contributed by atoms with Gasteiger partial charge >= 0.3 is 5.97 Å². The Morgan fingerprint density at radius 3 is 2.81 bits per heavy atom. The minimum atomic E-state index is -0.770. The predicted molar refractivity (Wildman–Crippen MR) is 118 cm³/mol. The Bertz CT molecular complexity index is 1200. The second-order valence-corrected chi connectivity index (χ2v) is 8.63. The van der Waals surface area contributed by atoms with E-state index in [0.717, 1.165) is 25.0 Å². The Kier molecular flexibility index (Phi) is 5.51. The highest BCUT2D eigenvalue weighted by atomic mass is 16.6. The summed E-state index contributed by atoms with van der Waals surface area (Å²) in [7, 11) is 0. The molecule has 0 N–H and O–H groups in total. The van der Waals surface area contributed by atoms with E-state index in [2.05, 4.69) is 4.99 Å². The molecule has 0 radical (unpaired) electrons. The van der Waals surface area contributed by atoms with E-state index in [4.69, 9.17) is 13.9 Å². The fourth-order valence-corrected chi connectivity index (χ4v) is 5.05. The summed E-state index contributed by atoms with van der Waals surface area (Å²) in [5, 5.41) is 0.419. The monoisotopic (exact) mass is 435 g/mol. The molecule has 7 nitrogen and oxygen atoms in total. The van der Waals surface area contributed by atoms with Gasteiger partial charge in [-0.15, -0.1) is 0 Å². The van der Waals surface area contributed by atoms with Gasteiger partial charge in [0.25, 0.3) is 0 Å². The van der Waals surface area contributed by atoms with E-state index in [1.807, 2.05) is 0 Å². The molecule has 1 saturated carbocycles. The van der Waals surface area contributed by atoms with Crippen LogP contribution in [-0.2, 0) is 19.1 Å². The van der Waals surface area contributed by atoms with Gasteiger partial charge in [0.1, 0.15) is 18.0 Å². The van der Waals surface area contributed by atoms with Gasteiger partial charge < -0.3 is 13.9 Å². The largest absolute Gasteiger partial charge is 0.464 e. The fraction of sp³-hybridized carbons (Fsp3) is 0.440. The van der Waals surface area contributed by atoms with Gasteiger partial charge in [0.15, 0.2) is 5.43 Å². The van der Waals surface area contributed by atoms with Gasteiger partial charge in [-0.3, -0.25) is 14.6 Å². The van der Waals surface area contributed by atoms with E-state index in [1.165, 1.54) is 6.26 Å². The number of ether oxygens (including phenoxy) is 2. The topological polar surface area (TPSA) is 95.2 Å². The van der Waals surface area contributed by atoms with Crippen molar-refractivity contribution in [1.82, 2.24) is 0 Å². The number of allylic oxidation sites excluding steroid dienone is 1. The molecule has 0 spiro atoms. The molecule has 2 fully saturated rings. The van der Waals surface area contributed by atoms with E-state index in [1.54, 1.807) is 31.2 Å². The quantitative estimate of drug-likeness (QED) is 0.680. The molecule has 3 atom stereocenters. The minimum absolute atomic E-state index is 0.00974. The van der Waals surface area contributed by atoms with Crippen LogP contribution in [0.4, 0.5) is 0 Å². The summed E-state index contributed by atoms with van der Waals surface area (Å²) in [5.74, 6) is -1.99. The normalized spacial score (nSPS) is 25.6. The number of ketones is 1. The molecule has 2 aliphatic heterocycles. The first-order valence-electron chi connectivity index (χ1n) is 11.1. The molecule has 166 valence electrons. The first-order chi connectivity index (χ1) is 15.5. The highest BCUT2D eigenvalue weighted by molar-refractivity contribution is 6.11. The molecule has 7 heteroatoms. The number of esters is 1. The van der Waals surface area contributed by atoms with E-state index < -0.39 is 17.8 Å². The summed E-state index contributed by atoms with van der Waals surface area (Å²) in [6.45, 7) is 2.54. The van der Waals surface area contributed by atoms with E-state index in [9.17, 15) is 14.4 Å². The second-order valence-electron chi connectivity index (χ2n) is 8.63. The molecule has 32 heavy (non-hydrogen) atoms. The van der Waals surface area contributed by atoms with E-state index in [-0.39, 0.29) is 29.5 Å². The number of Topliss-reactive ketones (excluding diaryl/α,β-unsaturated/α-hetero) is 1. The average Bonchev–Trinajstić information content (AvgIpc) is 3.31. The number of fused-ring (bicyclic) bond motifs is 2. The molecular weight excluding hydrogens is 410 g/mol. The lowest BCUT2D eigenvalue weighted by Crippen LogP contribution is -2.40. The first kappa shape index (κ1) is 20.8. The van der Waals surface area contributed by atoms with Gasteiger partial charge in [0, 0.05) is 35.9 Å². The van der Waals surface area contributed by atoms with Gasteiger partial charge in [-0.2, -0.15) is 0 Å². The fourth-order valence-electron chi connectivity index (χ4n) is 5.05. The van der Waals surface area contributed by atoms with E-state index >= 15 is 0 Å². The molecular formula is C25H25NO6. The van der Waals surface area contributed by atoms with Crippen molar-refractivity contribution >= 4 is 28.4 Å². The number of hydrogen-bond acceptors (Lipinski definition) is 7. The van der Waals surface area contributed by atoms with Crippen LogP contribution in [0.25, 0.3) is 11.0 Å². The zero-order chi connectivity index (χ0) is 22.2. The molecule has 3 heterocycles. The molecule has 1 aromatic heterocycles. The molecule has 5 rings (SSSR count). The maximum absolute atomic E-state index is 13.4. The van der Waals surface area contributed by atoms with Crippen LogP contribution in [0, 0.1) is 5.92 Å². The van der Waals surface area contributed by atoms with Crippen LogP contribution in [0.1, 0.15) is 50.5 Å². The van der Waals surface area contributed by atoms with Crippen molar-refractivity contribution in [3.63, 3.8) is 0 Å². The second kappa shape index (κ2) is 8.47. The average molecular weight is 435 g/mol. The van der Waals surface area contributed by atoms with Crippen LogP contribution in [0.3, 0.4) is 0 Å². The summed E-state index contributed by atoms with van der Waals surface area (Å²) in [5.41, 5.74) is 1.99. The van der Waals surface area contributed by atoms with Crippen LogP contribution in [0.15, 0.2) is 56.0 Å². The lowest BCUT2D eigenvalue weighted by atomic mass is 9.69. The van der Waals surface area contributed by atoms with E-state index in [0.29, 0.717) is 41.7 Å². The summed E-state index contributed by atoms with van der Waals surface area (Å²) in [6.07, 6.45) is 4.84. The van der Waals surface area contributed by atoms with Gasteiger partial charge in [0.2, 0.25) is 0 Å². The lowest BCUT2D eigenvalue weighted by molar-refractivity contribution is -0.142. The summed E-state index contributed by atoms with van der Waals surface area (Å²) >= 11 is 0. The lowest BCUT2D eigenvalue weighted by Gasteiger charge is -2.35. The van der Waals surface area contributed by atoms with Crippen molar-refractivity contribution in [3.8, 4) is 0 Å². The van der Waals surface area contributed by atoms with Crippen molar-refractivity contribution < 1.29 is 23.5 Å². The van der Waals surface area contributed by atoms with Gasteiger partial charge in [-0.25, -0.2) is 4.79 Å². The van der Waals surface area contributed by atoms with Crippen molar-refractivity contribution in [3.05, 3.63) is 57.6 Å². The Hall–Kier alpha value is -3.06. The minimum Gasteiger partial charge on any atom is -0.464 e. The number of rotatable bonds is 4. The third-order valence-corrected chi connectivity index (χ3v) is 6.59. The third kappa shape index (κ3) is 3.60. The number of para-hydroxylation sites is 1. The molecule has 1 saturated heterocycles. The number of aliphatic imine (C=N–C) groups is 1. The van der Waals surface area contributed by atoms with Crippen LogP contribution < -0.4 is 5.43 Å². The summed E-state index contributed by atoms with van der Waals surface area (Å²) in [6, 6.07) is 6.97. The maximum Gasteiger partial charge on any atom is 0.336 e. The number of carbonyl (C=O) groups excluding carboxylic acids is 2. The Morgan fingerprint density at radius 1 is 1.16 bits per heavy atom. The van der Waals surface area contributed by atoms with Gasteiger partial charge in [-0.1, -0.05) is 12.1 Å². The number of carbonyl (C=O) groups is 2. The molecule has 1 aromatic carbocycles. The summed E-state index contributed by atoms with van der Waals surface area (Å²) in [4.78, 5) is 44.3. The Morgan fingerprint density at radius 2 is 2.00 bits per heavy atom. The van der Waals surface area contributed by atoms with Crippen LogP contribution in [0.2, 0.25) is 0 Å². The maximum atomic E-state index is 13.4. The first-order valence-corrected chi connectivity index (χ1v) is 11.1. The molecule has 2 aromatic rings. The molecule has 3 aliphatic rings. The predicted octanol–water partition coefficient (Wildman–Crippen LogP) is 3.70. The standard InChI is InChI=1S/C25H25NO6/c1-14-21(25(29)32-12-15-6-5-11-30-15)22(23-18(26-14)8-4-9-19(23)27)17-13-31-20-10-3-2-7-16(20)24(17)28/h2-3,7,10,13,15,22-23H,4-6,8-9,11-12H2,1H3/t15-,22-,23+/m1/s1. The van der Waals surface area contributed by atoms with Crippen LogP contribution in [-0.4, -0.2) is 36.8 Å². The smallest absolute Gasteiger partial charge is 0.336 e. The van der Waals surface area contributed by atoms with Crippen molar-refractivity contribution in [2.24, 2.45) is 10.9 Å². The number of hydrogen-bond donors (Lipinski definition) is 0. The Balaban J connectivity index is 1.60. The zero-order valence-electron chi connectivity index (χ0n) is 18.0. The Labute approximate surface area is 185 Å². The zero-order valence-corrected chi connectivity index (χ0v) is 18.0. The third-order valence-electron chi connectivity index (χ3n) is 6.59. The SMILES string of the molecule is CC1=C(C(=O)OC[C@H]2CCCO2)[C@@H](c2coc3ccccc3c2=O)[C@@H]2C(=O)CCCC2=N1. The highest BCUT2D eigenvalue weighted by Gasteiger charge is 2.45. The van der Waals surface area contributed by atoms with Crippen molar-refractivity contribution in [2.45, 2.75) is 51.0 Å². The summed E-state index contributed by atoms with van der Waals surface area (Å²) < 4.78 is 16.9. The molecule has 0 bridgehead atoms. The van der Waals surface area contributed by atoms with Crippen molar-refractivity contribution in [1.29, 1.82) is 0 Å². The molecule has 1 aliphatic carbocycles. The van der Waals surface area contributed by atoms with Gasteiger partial charge in [0.05, 0.1) is 29.2 Å². The molecule has 0 unspecified atom stereocenters.